The summed E-state index contributed by atoms with van der Waals surface area (Å²) >= 11 is 0. The van der Waals surface area contributed by atoms with Crippen molar-refractivity contribution in [1.29, 1.82) is 0 Å². The highest BCUT2D eigenvalue weighted by atomic mass is 16.6. The fraction of sp³-hybridized carbons (Fsp3) is 0.196. The van der Waals surface area contributed by atoms with E-state index in [9.17, 15) is 19.5 Å². The second-order valence-electron chi connectivity index (χ2n) is 14.1. The van der Waals surface area contributed by atoms with Gasteiger partial charge in [0.1, 0.15) is 36.0 Å². The van der Waals surface area contributed by atoms with Crippen LogP contribution in [0.15, 0.2) is 143 Å². The van der Waals surface area contributed by atoms with Crippen LogP contribution in [0.4, 0.5) is 4.79 Å². The average molecular weight is 760 g/mol. The third-order valence-corrected chi connectivity index (χ3v) is 10.8. The molecule has 5 aromatic carbocycles. The van der Waals surface area contributed by atoms with E-state index < -0.39 is 41.4 Å². The second kappa shape index (κ2) is 15.1. The van der Waals surface area contributed by atoms with Gasteiger partial charge < -0.3 is 29.4 Å². The maximum Gasteiger partial charge on any atom is 0.407 e. The highest BCUT2D eigenvalue weighted by Crippen LogP contribution is 2.52. The number of para-hydroxylation sites is 2. The molecule has 0 bridgehead atoms. The average Bonchev–Trinajstić information content (AvgIpc) is 3.77. The van der Waals surface area contributed by atoms with E-state index in [1.54, 1.807) is 0 Å². The molecule has 1 fully saturated rings. The first kappa shape index (κ1) is 36.0. The molecule has 9 rings (SSSR count). The van der Waals surface area contributed by atoms with E-state index >= 15 is 0 Å². The SMILES string of the molecule is O=C(NCC#Cc1cn([C@H]2C[C@H](O)[C@@H](COC3(c4ccccc4)c4ccccc4Oc4ccccc43)O2)c(=O)[nH]c1=O)OCC1c2ccccc2-c2ccccc21. The summed E-state index contributed by atoms with van der Waals surface area (Å²) < 4.78 is 26.2. The molecule has 1 aliphatic carbocycles. The van der Waals surface area contributed by atoms with Gasteiger partial charge in [-0.05, 0) is 39.9 Å². The van der Waals surface area contributed by atoms with Crippen LogP contribution in [0.2, 0.25) is 0 Å². The van der Waals surface area contributed by atoms with Crippen molar-refractivity contribution in [3.8, 4) is 34.5 Å². The van der Waals surface area contributed by atoms with E-state index in [2.05, 4.69) is 34.3 Å². The molecular formula is C46H37N3O8. The molecule has 0 saturated carbocycles. The molecule has 2 aliphatic heterocycles. The minimum absolute atomic E-state index is 0.0137. The summed E-state index contributed by atoms with van der Waals surface area (Å²) in [6.07, 6.45) is -2.02. The molecule has 1 saturated heterocycles. The number of rotatable bonds is 8. The third-order valence-electron chi connectivity index (χ3n) is 10.8. The van der Waals surface area contributed by atoms with Crippen LogP contribution in [0.25, 0.3) is 11.1 Å². The molecule has 1 amide bonds. The number of nitrogens with one attached hydrogen (secondary N) is 2. The molecule has 6 aromatic rings. The Balaban J connectivity index is 0.878. The number of carbonyl (C=O) groups is 1. The van der Waals surface area contributed by atoms with Crippen molar-refractivity contribution < 1.29 is 28.8 Å². The number of aromatic amines is 1. The van der Waals surface area contributed by atoms with Gasteiger partial charge in [0.15, 0.2) is 5.60 Å². The topological polar surface area (TPSA) is 141 Å². The predicted octanol–water partition coefficient (Wildman–Crippen LogP) is 6.19. The van der Waals surface area contributed by atoms with Crippen LogP contribution in [0.1, 0.15) is 51.9 Å². The molecule has 3 aliphatic rings. The highest BCUT2D eigenvalue weighted by Gasteiger charge is 2.47. The van der Waals surface area contributed by atoms with Crippen molar-refractivity contribution in [1.82, 2.24) is 14.9 Å². The van der Waals surface area contributed by atoms with Crippen LogP contribution in [-0.2, 0) is 19.8 Å². The molecular weight excluding hydrogens is 723 g/mol. The molecule has 3 N–H and O–H groups in total. The molecule has 3 heterocycles. The lowest BCUT2D eigenvalue weighted by molar-refractivity contribution is -0.0961. The van der Waals surface area contributed by atoms with E-state index in [1.807, 2.05) is 115 Å². The summed E-state index contributed by atoms with van der Waals surface area (Å²) in [4.78, 5) is 40.7. The lowest BCUT2D eigenvalue weighted by Gasteiger charge is -2.41. The minimum Gasteiger partial charge on any atom is -0.457 e. The lowest BCUT2D eigenvalue weighted by atomic mass is 9.77. The minimum atomic E-state index is -1.10. The van der Waals surface area contributed by atoms with E-state index in [4.69, 9.17) is 18.9 Å². The number of H-pyrrole nitrogens is 1. The Morgan fingerprint density at radius 1 is 0.825 bits per heavy atom. The molecule has 1 aromatic heterocycles. The second-order valence-corrected chi connectivity index (χ2v) is 14.1. The van der Waals surface area contributed by atoms with Crippen molar-refractivity contribution >= 4 is 6.09 Å². The Labute approximate surface area is 327 Å². The number of alkyl carbamates (subject to hydrolysis) is 1. The van der Waals surface area contributed by atoms with Crippen LogP contribution in [-0.4, -0.2) is 52.7 Å². The zero-order valence-corrected chi connectivity index (χ0v) is 30.6. The highest BCUT2D eigenvalue weighted by molar-refractivity contribution is 5.79. The van der Waals surface area contributed by atoms with Gasteiger partial charge in [-0.3, -0.25) is 14.3 Å². The van der Waals surface area contributed by atoms with Crippen LogP contribution in [0.5, 0.6) is 11.5 Å². The van der Waals surface area contributed by atoms with Gasteiger partial charge in [0, 0.05) is 29.7 Å². The summed E-state index contributed by atoms with van der Waals surface area (Å²) in [5.41, 5.74) is 4.41. The Hall–Kier alpha value is -6.71. The quantitative estimate of drug-likeness (QED) is 0.156. The zero-order chi connectivity index (χ0) is 38.9. The number of aliphatic hydroxyl groups is 1. The van der Waals surface area contributed by atoms with Gasteiger partial charge in [0.05, 0.1) is 19.3 Å². The molecule has 11 nitrogen and oxygen atoms in total. The van der Waals surface area contributed by atoms with Gasteiger partial charge in [-0.1, -0.05) is 127 Å². The molecule has 284 valence electrons. The smallest absolute Gasteiger partial charge is 0.407 e. The van der Waals surface area contributed by atoms with E-state index in [0.29, 0.717) is 11.5 Å². The number of fused-ring (bicyclic) bond motifs is 5. The Kier molecular flexibility index (Phi) is 9.52. The standard InChI is InChI=1S/C46H37N3O8/c50-38-25-42(57-41(38)28-55-46(30-14-2-1-3-15-30)36-20-8-10-22-39(36)56-40-23-11-9-21-37(40)46)49-26-29(43(51)48-44(49)52)13-12-24-47-45(53)54-27-35-33-18-6-4-16-31(33)32-17-5-7-19-34(32)35/h1-11,14-23,26,35,38,41-42,50H,24-25,27-28H2,(H,47,53)(H,48,51,52)/t38-,41+,42+/m0/s1. The van der Waals surface area contributed by atoms with Gasteiger partial charge in [0.25, 0.3) is 5.56 Å². The number of aliphatic hydroxyl groups excluding tert-OH is 1. The van der Waals surface area contributed by atoms with Crippen molar-refractivity contribution in [2.75, 3.05) is 19.8 Å². The van der Waals surface area contributed by atoms with Gasteiger partial charge in [-0.15, -0.1) is 0 Å². The third kappa shape index (κ3) is 6.59. The number of carbonyl (C=O) groups excluding carboxylic acids is 1. The summed E-state index contributed by atoms with van der Waals surface area (Å²) in [5.74, 6) is 6.70. The number of nitrogens with zero attached hydrogens (tertiary/aromatic N) is 1. The van der Waals surface area contributed by atoms with Crippen molar-refractivity contribution in [3.05, 3.63) is 188 Å². The Bertz CT molecular complexity index is 2570. The number of hydrogen-bond acceptors (Lipinski definition) is 8. The van der Waals surface area contributed by atoms with Gasteiger partial charge in [-0.2, -0.15) is 0 Å². The number of benzene rings is 5. The fourth-order valence-corrected chi connectivity index (χ4v) is 8.12. The number of hydrogen-bond donors (Lipinski definition) is 3. The van der Waals surface area contributed by atoms with E-state index in [-0.39, 0.29) is 37.7 Å². The maximum atomic E-state index is 13.0. The number of ether oxygens (including phenoxy) is 4. The predicted molar refractivity (Wildman–Crippen MR) is 211 cm³/mol. The summed E-state index contributed by atoms with van der Waals surface area (Å²) in [6.45, 7) is 0.00866. The Morgan fingerprint density at radius 3 is 2.12 bits per heavy atom. The first-order valence-corrected chi connectivity index (χ1v) is 18.7. The van der Waals surface area contributed by atoms with Crippen LogP contribution in [0.3, 0.4) is 0 Å². The molecule has 3 atom stereocenters. The Morgan fingerprint density at radius 2 is 1.44 bits per heavy atom. The van der Waals surface area contributed by atoms with Crippen molar-refractivity contribution in [3.63, 3.8) is 0 Å². The lowest BCUT2D eigenvalue weighted by Crippen LogP contribution is -2.39. The zero-order valence-electron chi connectivity index (χ0n) is 30.6. The van der Waals surface area contributed by atoms with Crippen LogP contribution >= 0.6 is 0 Å². The number of amides is 1. The first-order valence-electron chi connectivity index (χ1n) is 18.7. The summed E-state index contributed by atoms with van der Waals surface area (Å²) in [5, 5.41) is 13.9. The normalized spacial score (nSPS) is 18.5. The fourth-order valence-electron chi connectivity index (χ4n) is 8.12. The molecule has 0 radical (unpaired) electrons. The van der Waals surface area contributed by atoms with E-state index in [0.717, 1.165) is 38.9 Å². The first-order chi connectivity index (χ1) is 27.9. The molecule has 11 heteroatoms. The summed E-state index contributed by atoms with van der Waals surface area (Å²) in [6, 6.07) is 41.3. The van der Waals surface area contributed by atoms with Crippen molar-refractivity contribution in [2.24, 2.45) is 0 Å². The van der Waals surface area contributed by atoms with Gasteiger partial charge in [0.2, 0.25) is 0 Å². The largest absolute Gasteiger partial charge is 0.457 e. The number of aromatic nitrogens is 2. The van der Waals surface area contributed by atoms with Gasteiger partial charge in [-0.25, -0.2) is 9.59 Å². The van der Waals surface area contributed by atoms with E-state index in [1.165, 1.54) is 10.8 Å². The van der Waals surface area contributed by atoms with Crippen LogP contribution < -0.4 is 21.3 Å². The van der Waals surface area contributed by atoms with Gasteiger partial charge >= 0.3 is 11.8 Å². The summed E-state index contributed by atoms with van der Waals surface area (Å²) in [7, 11) is 0. The van der Waals surface area contributed by atoms with Crippen LogP contribution in [0, 0.1) is 11.8 Å². The van der Waals surface area contributed by atoms with Crippen molar-refractivity contribution in [2.45, 2.75) is 36.4 Å². The molecule has 57 heavy (non-hydrogen) atoms. The maximum absolute atomic E-state index is 13.0. The molecule has 0 spiro atoms. The monoisotopic (exact) mass is 759 g/mol. The molecule has 0 unspecified atom stereocenters.